The Kier molecular flexibility index (Phi) is 2.82. The molecule has 88 valence electrons. The fraction of sp³-hybridized carbons (Fsp3) is 0.167. The molecule has 5 heteroatoms. The molecule has 0 atom stereocenters. The van der Waals surface area contributed by atoms with Crippen LogP contribution < -0.4 is 5.69 Å². The Balaban J connectivity index is 2.55. The summed E-state index contributed by atoms with van der Waals surface area (Å²) in [7, 11) is 1.65. The Morgan fingerprint density at radius 1 is 1.29 bits per heavy atom. The van der Waals surface area contributed by atoms with Gasteiger partial charge in [-0.05, 0) is 11.6 Å². The summed E-state index contributed by atoms with van der Waals surface area (Å²) in [6.07, 6.45) is 3.17. The number of para-hydroxylation sites is 1. The minimum Gasteiger partial charge on any atom is -0.481 e. The van der Waals surface area contributed by atoms with E-state index in [1.165, 1.54) is 9.13 Å². The van der Waals surface area contributed by atoms with Crippen molar-refractivity contribution in [1.29, 1.82) is 0 Å². The van der Waals surface area contributed by atoms with Gasteiger partial charge < -0.3 is 9.67 Å². The lowest BCUT2D eigenvalue weighted by molar-refractivity contribution is -0.136. The second kappa shape index (κ2) is 4.29. The molecule has 0 saturated carbocycles. The molecule has 5 nitrogen and oxygen atoms in total. The van der Waals surface area contributed by atoms with E-state index < -0.39 is 5.97 Å². The summed E-state index contributed by atoms with van der Waals surface area (Å²) in [6, 6.07) is 6.98. The van der Waals surface area contributed by atoms with Gasteiger partial charge in [0.1, 0.15) is 0 Å². The molecule has 1 aromatic heterocycles. The number of carboxylic acids is 1. The van der Waals surface area contributed by atoms with Gasteiger partial charge in [-0.2, -0.15) is 0 Å². The molecule has 0 unspecified atom stereocenters. The summed E-state index contributed by atoms with van der Waals surface area (Å²) >= 11 is 0. The maximum Gasteiger partial charge on any atom is 0.332 e. The van der Waals surface area contributed by atoms with Gasteiger partial charge in [0, 0.05) is 19.4 Å². The van der Waals surface area contributed by atoms with Gasteiger partial charge >= 0.3 is 11.7 Å². The van der Waals surface area contributed by atoms with Crippen LogP contribution in [0.25, 0.3) is 5.69 Å². The molecule has 2 rings (SSSR count). The molecule has 0 amide bonds. The summed E-state index contributed by atoms with van der Waals surface area (Å²) in [5.41, 5.74) is 1.04. The molecule has 2 aromatic rings. The average molecular weight is 232 g/mol. The number of hydrogen-bond acceptors (Lipinski definition) is 2. The number of nitrogens with zero attached hydrogens (tertiary/aromatic N) is 2. The molecule has 0 bridgehead atoms. The number of rotatable bonds is 3. The summed E-state index contributed by atoms with van der Waals surface area (Å²) in [4.78, 5) is 22.5. The molecular formula is C12H12N2O3. The van der Waals surface area contributed by atoms with Gasteiger partial charge in [0.25, 0.3) is 0 Å². The van der Waals surface area contributed by atoms with E-state index in [1.807, 2.05) is 0 Å². The first kappa shape index (κ1) is 11.2. The predicted molar refractivity (Wildman–Crippen MR) is 62.3 cm³/mol. The Hall–Kier alpha value is -2.30. The number of aromatic nitrogens is 2. The zero-order valence-corrected chi connectivity index (χ0v) is 9.33. The van der Waals surface area contributed by atoms with Crippen molar-refractivity contribution in [3.8, 4) is 5.69 Å². The molecule has 0 fully saturated rings. The SMILES string of the molecule is Cn1ccn(-c2ccccc2CC(=O)O)c1=O. The van der Waals surface area contributed by atoms with Crippen LogP contribution in [0.5, 0.6) is 0 Å². The highest BCUT2D eigenvalue weighted by molar-refractivity contribution is 5.71. The topological polar surface area (TPSA) is 64.2 Å². The van der Waals surface area contributed by atoms with Gasteiger partial charge in [-0.1, -0.05) is 18.2 Å². The van der Waals surface area contributed by atoms with Gasteiger partial charge in [0.05, 0.1) is 12.1 Å². The van der Waals surface area contributed by atoms with Crippen LogP contribution in [0.4, 0.5) is 0 Å². The normalized spacial score (nSPS) is 10.4. The van der Waals surface area contributed by atoms with Crippen molar-refractivity contribution in [3.63, 3.8) is 0 Å². The third-order valence-electron chi connectivity index (χ3n) is 2.54. The molecule has 0 saturated heterocycles. The second-order valence-electron chi connectivity index (χ2n) is 3.76. The standard InChI is InChI=1S/C12H12N2O3/c1-13-6-7-14(12(13)17)10-5-3-2-4-9(10)8-11(15)16/h2-7H,8H2,1H3,(H,15,16). The zero-order chi connectivity index (χ0) is 12.4. The Morgan fingerprint density at radius 2 is 2.00 bits per heavy atom. The number of benzene rings is 1. The van der Waals surface area contributed by atoms with Crippen LogP contribution in [-0.4, -0.2) is 20.2 Å². The molecule has 0 aliphatic heterocycles. The second-order valence-corrected chi connectivity index (χ2v) is 3.76. The van der Waals surface area contributed by atoms with Crippen LogP contribution in [0.1, 0.15) is 5.56 Å². The first-order valence-corrected chi connectivity index (χ1v) is 5.13. The molecular weight excluding hydrogens is 220 g/mol. The van der Waals surface area contributed by atoms with Crippen LogP contribution in [0.2, 0.25) is 0 Å². The highest BCUT2D eigenvalue weighted by Gasteiger charge is 2.10. The van der Waals surface area contributed by atoms with Gasteiger partial charge in [-0.3, -0.25) is 9.36 Å². The van der Waals surface area contributed by atoms with Crippen molar-refractivity contribution < 1.29 is 9.90 Å². The maximum absolute atomic E-state index is 11.8. The largest absolute Gasteiger partial charge is 0.481 e. The third-order valence-corrected chi connectivity index (χ3v) is 2.54. The molecule has 1 aromatic carbocycles. The number of carboxylic acid groups (broad SMARTS) is 1. The molecule has 17 heavy (non-hydrogen) atoms. The van der Waals surface area contributed by atoms with Gasteiger partial charge in [-0.25, -0.2) is 4.79 Å². The van der Waals surface area contributed by atoms with Crippen LogP contribution in [0, 0.1) is 0 Å². The van der Waals surface area contributed by atoms with E-state index in [0.29, 0.717) is 11.3 Å². The van der Waals surface area contributed by atoms with Crippen molar-refractivity contribution in [2.75, 3.05) is 0 Å². The van der Waals surface area contributed by atoms with Crippen molar-refractivity contribution in [2.24, 2.45) is 7.05 Å². The molecule has 1 N–H and O–H groups in total. The number of imidazole rings is 1. The highest BCUT2D eigenvalue weighted by atomic mass is 16.4. The van der Waals surface area contributed by atoms with E-state index in [9.17, 15) is 9.59 Å². The van der Waals surface area contributed by atoms with E-state index in [2.05, 4.69) is 0 Å². The van der Waals surface area contributed by atoms with Crippen LogP contribution in [0.15, 0.2) is 41.5 Å². The van der Waals surface area contributed by atoms with Crippen molar-refractivity contribution >= 4 is 5.97 Å². The van der Waals surface area contributed by atoms with Gasteiger partial charge in [0.15, 0.2) is 0 Å². The lowest BCUT2D eigenvalue weighted by Gasteiger charge is -2.07. The first-order valence-electron chi connectivity index (χ1n) is 5.13. The van der Waals surface area contributed by atoms with Crippen molar-refractivity contribution in [3.05, 3.63) is 52.7 Å². The summed E-state index contributed by atoms with van der Waals surface area (Å²) in [5.74, 6) is -0.915. The molecule has 0 aliphatic rings. The minimum absolute atomic E-state index is 0.0997. The zero-order valence-electron chi connectivity index (χ0n) is 9.33. The average Bonchev–Trinajstić information content (AvgIpc) is 2.60. The third kappa shape index (κ3) is 2.13. The highest BCUT2D eigenvalue weighted by Crippen LogP contribution is 2.13. The lowest BCUT2D eigenvalue weighted by Crippen LogP contribution is -2.21. The van der Waals surface area contributed by atoms with Gasteiger partial charge in [0.2, 0.25) is 0 Å². The quantitative estimate of drug-likeness (QED) is 0.851. The van der Waals surface area contributed by atoms with E-state index in [0.717, 1.165) is 0 Å². The van der Waals surface area contributed by atoms with Crippen LogP contribution in [0.3, 0.4) is 0 Å². The van der Waals surface area contributed by atoms with E-state index >= 15 is 0 Å². The Morgan fingerprint density at radius 3 is 2.59 bits per heavy atom. The number of aryl methyl sites for hydroxylation is 1. The summed E-state index contributed by atoms with van der Waals surface area (Å²) < 4.78 is 2.88. The fourth-order valence-corrected chi connectivity index (χ4v) is 1.71. The van der Waals surface area contributed by atoms with Crippen molar-refractivity contribution in [1.82, 2.24) is 9.13 Å². The Bertz CT molecular complexity index is 610. The number of carbonyl (C=O) groups is 1. The van der Waals surface area contributed by atoms with Crippen molar-refractivity contribution in [2.45, 2.75) is 6.42 Å². The van der Waals surface area contributed by atoms with Gasteiger partial charge in [-0.15, -0.1) is 0 Å². The molecule has 0 aliphatic carbocycles. The number of hydrogen-bond donors (Lipinski definition) is 1. The van der Waals surface area contributed by atoms with E-state index in [4.69, 9.17) is 5.11 Å². The number of aliphatic carboxylic acids is 1. The summed E-state index contributed by atoms with van der Waals surface area (Å²) in [6.45, 7) is 0. The molecule has 0 radical (unpaired) electrons. The molecule has 0 spiro atoms. The minimum atomic E-state index is -0.915. The smallest absolute Gasteiger partial charge is 0.332 e. The predicted octanol–water partition coefficient (Wildman–Crippen LogP) is 0.803. The monoisotopic (exact) mass is 232 g/mol. The fourth-order valence-electron chi connectivity index (χ4n) is 1.71. The van der Waals surface area contributed by atoms with E-state index in [-0.39, 0.29) is 12.1 Å². The summed E-state index contributed by atoms with van der Waals surface area (Å²) in [5, 5.41) is 8.82. The van der Waals surface area contributed by atoms with E-state index in [1.54, 1.807) is 43.7 Å². The lowest BCUT2D eigenvalue weighted by atomic mass is 10.1. The molecule has 1 heterocycles. The first-order chi connectivity index (χ1) is 8.09. The van der Waals surface area contributed by atoms with Crippen LogP contribution >= 0.6 is 0 Å². The van der Waals surface area contributed by atoms with Crippen LogP contribution in [-0.2, 0) is 18.3 Å². The Labute approximate surface area is 97.5 Å². The maximum atomic E-state index is 11.8.